The molecular weight excluding hydrogens is 222 g/mol. The molecule has 0 atom stereocenters. The molecule has 1 N–H and O–H groups in total. The fraction of sp³-hybridized carbons (Fsp3) is 0.562. The van der Waals surface area contributed by atoms with Gasteiger partial charge in [0.2, 0.25) is 0 Å². The lowest BCUT2D eigenvalue weighted by atomic mass is 9.86. The minimum atomic E-state index is -0.320. The highest BCUT2D eigenvalue weighted by atomic mass is 16.1. The van der Waals surface area contributed by atoms with E-state index in [1.54, 1.807) is 0 Å². The second-order valence-electron chi connectivity index (χ2n) is 6.53. The van der Waals surface area contributed by atoms with Crippen LogP contribution in [0.4, 0.5) is 5.69 Å². The van der Waals surface area contributed by atoms with E-state index in [4.69, 9.17) is 0 Å². The molecule has 0 spiro atoms. The summed E-state index contributed by atoms with van der Waals surface area (Å²) in [5, 5.41) is 3.37. The highest BCUT2D eigenvalue weighted by Crippen LogP contribution is 2.22. The van der Waals surface area contributed by atoms with E-state index in [-0.39, 0.29) is 24.2 Å². The number of benzene rings is 1. The van der Waals surface area contributed by atoms with Gasteiger partial charge in [0.1, 0.15) is 0 Å². The molecule has 0 saturated carbocycles. The first-order chi connectivity index (χ1) is 7.59. The molecule has 0 fully saturated rings. The van der Waals surface area contributed by atoms with E-state index < -0.39 is 0 Å². The molecule has 0 aliphatic rings. The van der Waals surface area contributed by atoms with E-state index in [9.17, 15) is 4.79 Å². The van der Waals surface area contributed by atoms with E-state index in [0.29, 0.717) is 0 Å². The Balaban J connectivity index is 0.00000289. The van der Waals surface area contributed by atoms with Crippen LogP contribution in [0.2, 0.25) is 0 Å². The van der Waals surface area contributed by atoms with Crippen molar-refractivity contribution in [2.75, 3.05) is 5.32 Å². The quantitative estimate of drug-likeness (QED) is 0.765. The Labute approximate surface area is 112 Å². The van der Waals surface area contributed by atoms with Crippen molar-refractivity contribution in [2.24, 2.45) is 5.41 Å². The maximum Gasteiger partial charge on any atom is 0.168 e. The minimum absolute atomic E-state index is 0. The lowest BCUT2D eigenvalue weighted by Gasteiger charge is -2.22. The molecule has 1 rings (SSSR count). The molecule has 102 valence electrons. The molecule has 1 aromatic carbocycles. The number of nitrogens with one attached hydrogen (secondary N) is 1. The van der Waals surface area contributed by atoms with Crippen LogP contribution in [-0.4, -0.2) is 11.3 Å². The Hall–Kier alpha value is -1.31. The van der Waals surface area contributed by atoms with Crippen molar-refractivity contribution < 1.29 is 4.79 Å². The van der Waals surface area contributed by atoms with Crippen LogP contribution in [0.15, 0.2) is 24.3 Å². The maximum absolute atomic E-state index is 12.0. The number of hydrogen-bond donors (Lipinski definition) is 1. The third kappa shape index (κ3) is 4.91. The van der Waals surface area contributed by atoms with Crippen molar-refractivity contribution in [3.05, 3.63) is 29.8 Å². The van der Waals surface area contributed by atoms with Gasteiger partial charge in [-0.1, -0.05) is 28.2 Å². The van der Waals surface area contributed by atoms with Gasteiger partial charge in [-0.25, -0.2) is 0 Å². The summed E-state index contributed by atoms with van der Waals surface area (Å²) in [7, 11) is 0. The van der Waals surface area contributed by atoms with E-state index in [1.807, 2.05) is 45.0 Å². The van der Waals surface area contributed by atoms with Gasteiger partial charge in [0.25, 0.3) is 0 Å². The molecule has 0 saturated heterocycles. The van der Waals surface area contributed by atoms with E-state index in [1.165, 1.54) is 0 Å². The maximum atomic E-state index is 12.0. The van der Waals surface area contributed by atoms with Crippen molar-refractivity contribution in [3.8, 4) is 0 Å². The van der Waals surface area contributed by atoms with Gasteiger partial charge in [0.05, 0.1) is 0 Å². The number of anilines is 1. The van der Waals surface area contributed by atoms with Crippen LogP contribution < -0.4 is 5.32 Å². The van der Waals surface area contributed by atoms with Gasteiger partial charge in [-0.3, -0.25) is 4.79 Å². The first kappa shape index (κ1) is 16.7. The molecule has 0 bridgehead atoms. The van der Waals surface area contributed by atoms with E-state index in [2.05, 4.69) is 26.1 Å². The first-order valence-electron chi connectivity index (χ1n) is 6.03. The normalized spacial score (nSPS) is 11.7. The average molecular weight is 249 g/mol. The Bertz CT molecular complexity index is 391. The average Bonchev–Trinajstić information content (AvgIpc) is 2.14. The molecule has 0 aliphatic heterocycles. The Morgan fingerprint density at radius 1 is 0.944 bits per heavy atom. The van der Waals surface area contributed by atoms with Crippen LogP contribution in [0, 0.1) is 5.41 Å². The van der Waals surface area contributed by atoms with Crippen molar-refractivity contribution in [3.63, 3.8) is 0 Å². The summed E-state index contributed by atoms with van der Waals surface area (Å²) in [5.74, 6) is 0.180. The van der Waals surface area contributed by atoms with Gasteiger partial charge < -0.3 is 5.32 Å². The molecule has 0 amide bonds. The van der Waals surface area contributed by atoms with Crippen LogP contribution in [-0.2, 0) is 0 Å². The van der Waals surface area contributed by atoms with Crippen molar-refractivity contribution in [2.45, 2.75) is 54.5 Å². The zero-order valence-electron chi connectivity index (χ0n) is 11.7. The molecule has 0 heterocycles. The Morgan fingerprint density at radius 2 is 1.39 bits per heavy atom. The highest BCUT2D eigenvalue weighted by molar-refractivity contribution is 6.00. The van der Waals surface area contributed by atoms with Crippen molar-refractivity contribution in [1.82, 2.24) is 0 Å². The number of hydrogen-bond acceptors (Lipinski definition) is 2. The summed E-state index contributed by atoms with van der Waals surface area (Å²) >= 11 is 0. The summed E-state index contributed by atoms with van der Waals surface area (Å²) in [5.41, 5.74) is 1.54. The molecule has 2 heteroatoms. The van der Waals surface area contributed by atoms with Gasteiger partial charge in [0.15, 0.2) is 5.78 Å². The number of carbonyl (C=O) groups excluding carboxylic acids is 1. The SMILES string of the molecule is C.CC(C)(C)Nc1ccc(C(=O)C(C)(C)C)cc1. The van der Waals surface area contributed by atoms with E-state index in [0.717, 1.165) is 11.3 Å². The summed E-state index contributed by atoms with van der Waals surface area (Å²) < 4.78 is 0. The lowest BCUT2D eigenvalue weighted by molar-refractivity contribution is 0.0858. The molecule has 0 aromatic heterocycles. The second-order valence-corrected chi connectivity index (χ2v) is 6.53. The number of ketones is 1. The van der Waals surface area contributed by atoms with Gasteiger partial charge in [0, 0.05) is 22.2 Å². The van der Waals surface area contributed by atoms with Crippen LogP contribution in [0.1, 0.15) is 59.3 Å². The molecule has 0 unspecified atom stereocenters. The summed E-state index contributed by atoms with van der Waals surface area (Å²) in [6.07, 6.45) is 0. The van der Waals surface area contributed by atoms with Crippen molar-refractivity contribution in [1.29, 1.82) is 0 Å². The molecule has 1 aromatic rings. The summed E-state index contributed by atoms with van der Waals surface area (Å²) in [6.45, 7) is 12.2. The molecule has 18 heavy (non-hydrogen) atoms. The zero-order chi connectivity index (χ0) is 13.3. The van der Waals surface area contributed by atoms with Gasteiger partial charge in [-0.05, 0) is 45.0 Å². The lowest BCUT2D eigenvalue weighted by Crippen LogP contribution is -2.26. The molecule has 2 nitrogen and oxygen atoms in total. The van der Waals surface area contributed by atoms with Crippen LogP contribution in [0.3, 0.4) is 0 Å². The second kappa shape index (κ2) is 5.55. The molecular formula is C16H27NO. The standard InChI is InChI=1S/C15H23NO.CH4/c1-14(2,3)13(17)11-7-9-12(10-8-11)16-15(4,5)6;/h7-10,16H,1-6H3;1H4. The number of rotatable bonds is 2. The number of carbonyl (C=O) groups is 1. The summed E-state index contributed by atoms with van der Waals surface area (Å²) in [4.78, 5) is 12.0. The van der Waals surface area contributed by atoms with Crippen LogP contribution in [0.5, 0.6) is 0 Å². The minimum Gasteiger partial charge on any atom is -0.380 e. The monoisotopic (exact) mass is 249 g/mol. The largest absolute Gasteiger partial charge is 0.380 e. The topological polar surface area (TPSA) is 29.1 Å². The van der Waals surface area contributed by atoms with Crippen molar-refractivity contribution >= 4 is 11.5 Å². The zero-order valence-corrected chi connectivity index (χ0v) is 11.7. The molecule has 0 radical (unpaired) electrons. The van der Waals surface area contributed by atoms with Gasteiger partial charge >= 0.3 is 0 Å². The van der Waals surface area contributed by atoms with E-state index >= 15 is 0 Å². The first-order valence-corrected chi connectivity index (χ1v) is 6.03. The van der Waals surface area contributed by atoms with Crippen LogP contribution >= 0.6 is 0 Å². The Kier molecular flexibility index (Phi) is 5.15. The fourth-order valence-electron chi connectivity index (χ4n) is 1.57. The smallest absolute Gasteiger partial charge is 0.168 e. The third-order valence-electron chi connectivity index (χ3n) is 2.35. The predicted octanol–water partition coefficient (Wildman–Crippen LogP) is 4.76. The fourth-order valence-corrected chi connectivity index (χ4v) is 1.57. The predicted molar refractivity (Wildman–Crippen MR) is 80.3 cm³/mol. The van der Waals surface area contributed by atoms with Gasteiger partial charge in [-0.15, -0.1) is 0 Å². The molecule has 0 aliphatic carbocycles. The third-order valence-corrected chi connectivity index (χ3v) is 2.35. The van der Waals surface area contributed by atoms with Crippen LogP contribution in [0.25, 0.3) is 0 Å². The number of Topliss-reactive ketones (excluding diaryl/α,β-unsaturated/α-hetero) is 1. The summed E-state index contributed by atoms with van der Waals surface area (Å²) in [6, 6.07) is 7.71. The Morgan fingerprint density at radius 3 is 1.72 bits per heavy atom. The highest BCUT2D eigenvalue weighted by Gasteiger charge is 2.22. The van der Waals surface area contributed by atoms with Gasteiger partial charge in [-0.2, -0.15) is 0 Å².